The first-order valence-electron chi connectivity index (χ1n) is 17.3. The van der Waals surface area contributed by atoms with E-state index in [0.717, 1.165) is 55.0 Å². The van der Waals surface area contributed by atoms with Crippen LogP contribution in [-0.4, -0.2) is 80.2 Å². The Labute approximate surface area is 288 Å². The monoisotopic (exact) mass is 687 g/mol. The summed E-state index contributed by atoms with van der Waals surface area (Å²) >= 11 is 1.48. The number of fused-ring (bicyclic) bond motifs is 3. The fraction of sp³-hybridized carbons (Fsp3) is 0.500. The van der Waals surface area contributed by atoms with Crippen LogP contribution < -0.4 is 15.4 Å². The van der Waals surface area contributed by atoms with Gasteiger partial charge < -0.3 is 30.1 Å². The van der Waals surface area contributed by atoms with E-state index in [-0.39, 0.29) is 31.4 Å². The highest BCUT2D eigenvalue weighted by atomic mass is 32.1. The second-order valence-electron chi connectivity index (χ2n) is 13.5. The molecular weight excluding hydrogens is 646 g/mol. The first-order valence-corrected chi connectivity index (χ1v) is 18.1. The van der Waals surface area contributed by atoms with E-state index in [1.165, 1.54) is 16.2 Å². The largest absolute Gasteiger partial charge is 0.479 e. The third kappa shape index (κ3) is 7.12. The zero-order chi connectivity index (χ0) is 34.0. The Morgan fingerprint density at radius 1 is 1.04 bits per heavy atom. The van der Waals surface area contributed by atoms with Crippen molar-refractivity contribution in [3.63, 3.8) is 0 Å². The minimum Gasteiger partial charge on any atom is -0.479 e. The number of ether oxygens (including phenoxy) is 2. The fourth-order valence-corrected chi connectivity index (χ4v) is 8.12. The highest BCUT2D eigenvalue weighted by Gasteiger charge is 2.61. The lowest BCUT2D eigenvalue weighted by atomic mass is 10.0. The van der Waals surface area contributed by atoms with Crippen molar-refractivity contribution in [2.45, 2.75) is 100 Å². The van der Waals surface area contributed by atoms with E-state index in [4.69, 9.17) is 14.5 Å². The van der Waals surface area contributed by atoms with E-state index in [1.807, 2.05) is 47.9 Å². The molecule has 258 valence electrons. The molecule has 2 aliphatic carbocycles. The molecule has 2 aliphatic heterocycles. The quantitative estimate of drug-likeness (QED) is 0.295. The fourth-order valence-electron chi connectivity index (χ4n) is 7.31. The van der Waals surface area contributed by atoms with Crippen LogP contribution in [0.5, 0.6) is 5.88 Å². The predicted octanol–water partition coefficient (Wildman–Crippen LogP) is 5.22. The number of rotatable bonds is 6. The van der Waals surface area contributed by atoms with E-state index in [9.17, 15) is 24.3 Å². The van der Waals surface area contributed by atoms with Gasteiger partial charge in [0.25, 0.3) is 0 Å². The smallest absolute Gasteiger partial charge is 0.408 e. The van der Waals surface area contributed by atoms with Gasteiger partial charge in [0.1, 0.15) is 29.8 Å². The van der Waals surface area contributed by atoms with Crippen molar-refractivity contribution >= 4 is 45.3 Å². The average Bonchev–Trinajstić information content (AvgIpc) is 3.54. The first kappa shape index (κ1) is 33.0. The van der Waals surface area contributed by atoms with Gasteiger partial charge in [-0.2, -0.15) is 0 Å². The number of nitrogens with zero attached hydrogens (tertiary/aromatic N) is 3. The molecule has 12 nitrogen and oxygen atoms in total. The molecule has 0 radical (unpaired) electrons. The number of carbonyl (C=O) groups excluding carboxylic acids is 3. The van der Waals surface area contributed by atoms with Crippen molar-refractivity contribution in [3.05, 3.63) is 54.1 Å². The third-order valence-corrected chi connectivity index (χ3v) is 11.0. The molecule has 49 heavy (non-hydrogen) atoms. The second kappa shape index (κ2) is 14.1. The van der Waals surface area contributed by atoms with Gasteiger partial charge in [0.15, 0.2) is 0 Å². The van der Waals surface area contributed by atoms with Crippen molar-refractivity contribution in [1.82, 2.24) is 25.5 Å². The van der Waals surface area contributed by atoms with Crippen molar-refractivity contribution in [2.75, 3.05) is 6.54 Å². The van der Waals surface area contributed by atoms with Crippen LogP contribution in [0.2, 0.25) is 0 Å². The van der Waals surface area contributed by atoms with Crippen molar-refractivity contribution in [1.29, 1.82) is 0 Å². The number of hydrogen-bond acceptors (Lipinski definition) is 9. The van der Waals surface area contributed by atoms with Crippen LogP contribution in [0.15, 0.2) is 54.1 Å². The Bertz CT molecular complexity index is 1740. The lowest BCUT2D eigenvalue weighted by Gasteiger charge is -2.29. The number of hydrogen-bond donors (Lipinski definition) is 3. The minimum atomic E-state index is -1.42. The molecule has 3 amide bonds. The Morgan fingerprint density at radius 2 is 1.88 bits per heavy atom. The number of thiophene rings is 1. The summed E-state index contributed by atoms with van der Waals surface area (Å²) in [4.78, 5) is 64.5. The van der Waals surface area contributed by atoms with Crippen LogP contribution in [0.1, 0.15) is 70.6 Å². The number of carboxylic acids is 1. The van der Waals surface area contributed by atoms with Gasteiger partial charge in [-0.25, -0.2) is 14.6 Å². The molecule has 13 heteroatoms. The summed E-state index contributed by atoms with van der Waals surface area (Å²) in [5.74, 6) is -2.04. The molecule has 3 aromatic rings. The van der Waals surface area contributed by atoms with Crippen LogP contribution in [0.3, 0.4) is 0 Å². The van der Waals surface area contributed by atoms with Gasteiger partial charge in [0, 0.05) is 23.9 Å². The standard InChI is InChI=1S/C36H41N5O7S/c42-31-29-19-25(47-32-30-22(15-17-49-30)18-28(38-32)26-13-8-9-16-37-26)21-41(29)33(43)27(39-35(46)48-24-11-6-7-12-24)14-5-3-1-2-4-10-23-20-36(23,40-31)34(44)45/h4,8-10,13,15-18,23-25,27,29H,1-3,5-7,11-12,14,19-21H2,(H,39,46)(H,40,42)(H,44,45)/b10-4-/t23-,25-,27?,29+,36-/m1/s1. The van der Waals surface area contributed by atoms with E-state index in [1.54, 1.807) is 6.20 Å². The van der Waals surface area contributed by atoms with E-state index < -0.39 is 47.6 Å². The van der Waals surface area contributed by atoms with Gasteiger partial charge >= 0.3 is 12.1 Å². The maximum Gasteiger partial charge on any atom is 0.408 e. The molecule has 5 heterocycles. The van der Waals surface area contributed by atoms with Crippen molar-refractivity contribution < 1.29 is 33.8 Å². The minimum absolute atomic E-state index is 0.0541. The number of alkyl carbamates (subject to hydrolysis) is 1. The van der Waals surface area contributed by atoms with Crippen LogP contribution in [0.4, 0.5) is 4.79 Å². The number of aromatic nitrogens is 2. The molecule has 3 N–H and O–H groups in total. The van der Waals surface area contributed by atoms with Crippen molar-refractivity contribution in [2.24, 2.45) is 5.92 Å². The van der Waals surface area contributed by atoms with Gasteiger partial charge in [-0.05, 0) is 81.0 Å². The first-order chi connectivity index (χ1) is 23.8. The molecule has 0 aromatic carbocycles. The number of carboxylic acid groups (broad SMARTS) is 1. The number of amides is 3. The summed E-state index contributed by atoms with van der Waals surface area (Å²) in [6.07, 6.45) is 11.6. The molecule has 1 saturated heterocycles. The second-order valence-corrected chi connectivity index (χ2v) is 14.4. The van der Waals surface area contributed by atoms with Crippen LogP contribution >= 0.6 is 11.3 Å². The molecule has 0 bridgehead atoms. The highest BCUT2D eigenvalue weighted by molar-refractivity contribution is 7.17. The molecule has 3 aromatic heterocycles. The van der Waals surface area contributed by atoms with Gasteiger partial charge in [-0.15, -0.1) is 11.3 Å². The van der Waals surface area contributed by atoms with Crippen LogP contribution in [0.25, 0.3) is 21.5 Å². The van der Waals surface area contributed by atoms with Crippen LogP contribution in [-0.2, 0) is 19.1 Å². The number of carbonyl (C=O) groups is 4. The highest BCUT2D eigenvalue weighted by Crippen LogP contribution is 2.45. The zero-order valence-electron chi connectivity index (χ0n) is 27.2. The van der Waals surface area contributed by atoms with Gasteiger partial charge in [-0.1, -0.05) is 31.1 Å². The Hall–Kier alpha value is -4.52. The van der Waals surface area contributed by atoms with E-state index in [2.05, 4.69) is 15.6 Å². The third-order valence-electron chi connectivity index (χ3n) is 10.1. The summed E-state index contributed by atoms with van der Waals surface area (Å²) in [6.45, 7) is 0.0541. The van der Waals surface area contributed by atoms with E-state index in [0.29, 0.717) is 30.1 Å². The SMILES string of the molecule is O=C(NC1CCCCC/C=C\[C@@H]2C[C@@]2(C(=O)O)NC(=O)[C@@H]2C[C@@H](Oc3nc(-c4ccccn4)cc4ccsc34)CN2C1=O)OC1CCCC1. The van der Waals surface area contributed by atoms with Crippen molar-refractivity contribution in [3.8, 4) is 17.3 Å². The Morgan fingerprint density at radius 3 is 2.67 bits per heavy atom. The zero-order valence-corrected chi connectivity index (χ0v) is 28.0. The molecule has 5 atom stereocenters. The lowest BCUT2D eigenvalue weighted by molar-refractivity contribution is -0.145. The van der Waals surface area contributed by atoms with Gasteiger partial charge in [0.2, 0.25) is 17.7 Å². The topological polar surface area (TPSA) is 160 Å². The summed E-state index contributed by atoms with van der Waals surface area (Å²) in [5, 5.41) is 18.7. The maximum absolute atomic E-state index is 14.4. The van der Waals surface area contributed by atoms with Gasteiger partial charge in [0.05, 0.1) is 22.6 Å². The van der Waals surface area contributed by atoms with E-state index >= 15 is 0 Å². The normalized spacial score (nSPS) is 28.4. The number of nitrogens with one attached hydrogen (secondary N) is 2. The molecular formula is C36H41N5O7S. The number of pyridine rings is 2. The summed E-state index contributed by atoms with van der Waals surface area (Å²) in [7, 11) is 0. The molecule has 0 spiro atoms. The molecule has 4 aliphatic rings. The summed E-state index contributed by atoms with van der Waals surface area (Å²) < 4.78 is 13.0. The Balaban J connectivity index is 1.18. The lowest BCUT2D eigenvalue weighted by Crippen LogP contribution is -2.56. The predicted molar refractivity (Wildman–Crippen MR) is 182 cm³/mol. The van der Waals surface area contributed by atoms with Crippen LogP contribution in [0, 0.1) is 5.92 Å². The van der Waals surface area contributed by atoms with Gasteiger partial charge in [-0.3, -0.25) is 14.6 Å². The molecule has 3 fully saturated rings. The Kier molecular flexibility index (Phi) is 9.53. The number of aliphatic carboxylic acids is 1. The average molecular weight is 688 g/mol. The number of allylic oxidation sites excluding steroid dienone is 1. The molecule has 7 rings (SSSR count). The molecule has 1 unspecified atom stereocenters. The summed E-state index contributed by atoms with van der Waals surface area (Å²) in [6, 6.07) is 7.57. The maximum atomic E-state index is 14.4. The summed E-state index contributed by atoms with van der Waals surface area (Å²) in [5.41, 5.74) is -0.116. The molecule has 2 saturated carbocycles.